The van der Waals surface area contributed by atoms with Crippen LogP contribution in [0.1, 0.15) is 10.4 Å². The van der Waals surface area contributed by atoms with Crippen LogP contribution in [-0.4, -0.2) is 24.4 Å². The van der Waals surface area contributed by atoms with Crippen LogP contribution in [0.5, 0.6) is 0 Å². The minimum absolute atomic E-state index is 0.00457. The van der Waals surface area contributed by atoms with Crippen LogP contribution < -0.4 is 0 Å². The molecule has 9 nitrogen and oxygen atoms in total. The average molecular weight is 335 g/mol. The monoisotopic (exact) mass is 335 g/mol. The van der Waals surface area contributed by atoms with Gasteiger partial charge in [0.25, 0.3) is 15.7 Å². The molecule has 0 unspecified atom stereocenters. The summed E-state index contributed by atoms with van der Waals surface area (Å²) in [4.78, 5) is 20.5. The number of nitrogens with zero attached hydrogens (tertiary/aromatic N) is 3. The Hall–Kier alpha value is -3.14. The van der Waals surface area contributed by atoms with Crippen LogP contribution in [0.2, 0.25) is 0 Å². The van der Waals surface area contributed by atoms with Crippen molar-refractivity contribution < 1.29 is 23.2 Å². The molecule has 0 aliphatic heterocycles. The third-order valence-corrected chi connectivity index (χ3v) is 3.87. The number of carbonyl (C=O) groups is 1. The maximum Gasteiger partial charge on any atom is 0.335 e. The molecule has 0 saturated carbocycles. The molecule has 2 aromatic carbocycles. The smallest absolute Gasteiger partial charge is 0.335 e. The number of rotatable bonds is 5. The highest BCUT2D eigenvalue weighted by molar-refractivity contribution is 7.90. The van der Waals surface area contributed by atoms with Crippen molar-refractivity contribution in [1.82, 2.24) is 0 Å². The second-order valence-electron chi connectivity index (χ2n) is 4.26. The topological polar surface area (TPSA) is 139 Å². The summed E-state index contributed by atoms with van der Waals surface area (Å²) in [7, 11) is -4.14. The first kappa shape index (κ1) is 16.2. The SMILES string of the molecule is O=C(O)c1ccc(S(=O)(=O)N=Nc2cccc([N+](=O)[O-])c2)cc1. The molecule has 0 spiro atoms. The van der Waals surface area contributed by atoms with Gasteiger partial charge in [0.15, 0.2) is 0 Å². The molecule has 0 aliphatic carbocycles. The van der Waals surface area contributed by atoms with E-state index in [-0.39, 0.29) is 21.8 Å². The first-order valence-corrected chi connectivity index (χ1v) is 7.49. The van der Waals surface area contributed by atoms with Gasteiger partial charge >= 0.3 is 5.97 Å². The maximum absolute atomic E-state index is 12.0. The summed E-state index contributed by atoms with van der Waals surface area (Å²) < 4.78 is 27.1. The minimum Gasteiger partial charge on any atom is -0.478 e. The third-order valence-electron chi connectivity index (χ3n) is 2.70. The van der Waals surface area contributed by atoms with Crippen LogP contribution in [-0.2, 0) is 10.0 Å². The standard InChI is InChI=1S/C13H9N3O6S/c17-13(18)9-4-6-12(7-5-9)23(21,22)15-14-10-2-1-3-11(8-10)16(19)20/h1-8H,(H,17,18). The predicted molar refractivity (Wildman–Crippen MR) is 78.2 cm³/mol. The summed E-state index contributed by atoms with van der Waals surface area (Å²) in [6.45, 7) is 0. The van der Waals surface area contributed by atoms with Gasteiger partial charge in [0.05, 0.1) is 21.1 Å². The summed E-state index contributed by atoms with van der Waals surface area (Å²) >= 11 is 0. The summed E-state index contributed by atoms with van der Waals surface area (Å²) in [6, 6.07) is 9.44. The van der Waals surface area contributed by atoms with E-state index in [9.17, 15) is 23.3 Å². The molecule has 1 N–H and O–H groups in total. The fourth-order valence-electron chi connectivity index (χ4n) is 1.59. The molecule has 2 aromatic rings. The number of hydrogen-bond donors (Lipinski definition) is 1. The van der Waals surface area contributed by atoms with E-state index >= 15 is 0 Å². The Morgan fingerprint density at radius 1 is 1.13 bits per heavy atom. The van der Waals surface area contributed by atoms with Crippen molar-refractivity contribution in [2.75, 3.05) is 0 Å². The van der Waals surface area contributed by atoms with Crippen molar-refractivity contribution in [1.29, 1.82) is 0 Å². The zero-order chi connectivity index (χ0) is 17.0. The van der Waals surface area contributed by atoms with Gasteiger partial charge in [0.2, 0.25) is 0 Å². The molecular weight excluding hydrogens is 326 g/mol. The molecule has 0 aliphatic rings. The highest BCUT2D eigenvalue weighted by Gasteiger charge is 2.14. The quantitative estimate of drug-likeness (QED) is 0.506. The van der Waals surface area contributed by atoms with E-state index in [4.69, 9.17) is 5.11 Å². The molecule has 0 fully saturated rings. The van der Waals surface area contributed by atoms with Gasteiger partial charge in [-0.25, -0.2) is 4.79 Å². The Balaban J connectivity index is 2.28. The summed E-state index contributed by atoms with van der Waals surface area (Å²) in [5.41, 5.74) is -0.311. The summed E-state index contributed by atoms with van der Waals surface area (Å²) in [5, 5.41) is 22.9. The molecular formula is C13H9N3O6S. The minimum atomic E-state index is -4.14. The molecule has 0 bridgehead atoms. The van der Waals surface area contributed by atoms with Gasteiger partial charge in [0.1, 0.15) is 0 Å². The Morgan fingerprint density at radius 3 is 2.35 bits per heavy atom. The van der Waals surface area contributed by atoms with Gasteiger partial charge < -0.3 is 5.11 Å². The zero-order valence-electron chi connectivity index (χ0n) is 11.4. The Kier molecular flexibility index (Phi) is 4.46. The molecule has 0 amide bonds. The number of sulfonamides is 1. The molecule has 0 saturated heterocycles. The largest absolute Gasteiger partial charge is 0.478 e. The number of carboxylic acids is 1. The van der Waals surface area contributed by atoms with Gasteiger partial charge in [-0.05, 0) is 30.3 Å². The predicted octanol–water partition coefficient (Wildman–Crippen LogP) is 2.77. The molecule has 10 heteroatoms. The number of non-ortho nitro benzene ring substituents is 1. The van der Waals surface area contributed by atoms with E-state index in [1.807, 2.05) is 0 Å². The van der Waals surface area contributed by atoms with E-state index in [1.54, 1.807) is 0 Å². The van der Waals surface area contributed by atoms with Gasteiger partial charge in [-0.15, -0.1) is 5.11 Å². The second kappa shape index (κ2) is 6.32. The van der Waals surface area contributed by atoms with Crippen LogP contribution in [0.3, 0.4) is 0 Å². The van der Waals surface area contributed by atoms with E-state index < -0.39 is 20.9 Å². The van der Waals surface area contributed by atoms with Crippen molar-refractivity contribution in [3.63, 3.8) is 0 Å². The molecule has 2 rings (SSSR count). The van der Waals surface area contributed by atoms with Crippen molar-refractivity contribution in [3.05, 3.63) is 64.2 Å². The van der Waals surface area contributed by atoms with Gasteiger partial charge in [-0.1, -0.05) is 10.6 Å². The highest BCUT2D eigenvalue weighted by Crippen LogP contribution is 2.22. The first-order chi connectivity index (χ1) is 10.8. The van der Waals surface area contributed by atoms with Crippen molar-refractivity contribution >= 4 is 27.4 Å². The van der Waals surface area contributed by atoms with Gasteiger partial charge in [0, 0.05) is 12.1 Å². The van der Waals surface area contributed by atoms with E-state index in [0.29, 0.717) is 0 Å². The maximum atomic E-state index is 12.0. The van der Waals surface area contributed by atoms with Gasteiger partial charge in [-0.3, -0.25) is 10.1 Å². The second-order valence-corrected chi connectivity index (χ2v) is 5.85. The number of hydrogen-bond acceptors (Lipinski definition) is 6. The van der Waals surface area contributed by atoms with E-state index in [1.165, 1.54) is 18.2 Å². The fraction of sp³-hybridized carbons (Fsp3) is 0. The van der Waals surface area contributed by atoms with Gasteiger partial charge in [-0.2, -0.15) is 8.42 Å². The lowest BCUT2D eigenvalue weighted by Gasteiger charge is -1.99. The molecule has 0 aromatic heterocycles. The lowest BCUT2D eigenvalue weighted by atomic mass is 10.2. The van der Waals surface area contributed by atoms with Crippen LogP contribution in [0.25, 0.3) is 0 Å². The van der Waals surface area contributed by atoms with E-state index in [0.717, 1.165) is 30.3 Å². The fourth-order valence-corrected chi connectivity index (χ4v) is 2.36. The zero-order valence-corrected chi connectivity index (χ0v) is 12.2. The van der Waals surface area contributed by atoms with Crippen molar-refractivity contribution in [2.45, 2.75) is 4.90 Å². The Bertz CT molecular complexity index is 890. The number of nitro groups is 1. The Labute approximate surface area is 130 Å². The molecule has 0 atom stereocenters. The first-order valence-electron chi connectivity index (χ1n) is 6.05. The third kappa shape index (κ3) is 3.95. The van der Waals surface area contributed by atoms with E-state index in [2.05, 4.69) is 9.63 Å². The highest BCUT2D eigenvalue weighted by atomic mass is 32.2. The van der Waals surface area contributed by atoms with Crippen molar-refractivity contribution in [3.8, 4) is 0 Å². The number of nitro benzene ring substituents is 1. The van der Waals surface area contributed by atoms with Crippen LogP contribution in [0, 0.1) is 10.1 Å². The number of benzene rings is 2. The van der Waals surface area contributed by atoms with Crippen LogP contribution >= 0.6 is 0 Å². The molecule has 23 heavy (non-hydrogen) atoms. The van der Waals surface area contributed by atoms with Crippen LogP contribution in [0.4, 0.5) is 11.4 Å². The summed E-state index contributed by atoms with van der Waals surface area (Å²) in [5.74, 6) is -1.19. The lowest BCUT2D eigenvalue weighted by Crippen LogP contribution is -1.99. The average Bonchev–Trinajstić information content (AvgIpc) is 2.53. The van der Waals surface area contributed by atoms with Crippen molar-refractivity contribution in [2.24, 2.45) is 9.63 Å². The number of aromatic carboxylic acids is 1. The normalized spacial score (nSPS) is 11.5. The lowest BCUT2D eigenvalue weighted by molar-refractivity contribution is -0.384. The summed E-state index contributed by atoms with van der Waals surface area (Å²) in [6.07, 6.45) is 0. The van der Waals surface area contributed by atoms with Crippen LogP contribution in [0.15, 0.2) is 63.1 Å². The Morgan fingerprint density at radius 2 is 1.78 bits per heavy atom. The number of carboxylic acid groups (broad SMARTS) is 1. The molecule has 118 valence electrons. The molecule has 0 heterocycles. The molecule has 0 radical (unpaired) electrons.